The van der Waals surface area contributed by atoms with Crippen molar-refractivity contribution in [2.45, 2.75) is 45.1 Å². The van der Waals surface area contributed by atoms with Gasteiger partial charge in [-0.1, -0.05) is 13.3 Å². The van der Waals surface area contributed by atoms with Crippen LogP contribution >= 0.6 is 0 Å². The fourth-order valence-electron chi connectivity index (χ4n) is 2.26. The summed E-state index contributed by atoms with van der Waals surface area (Å²) in [6.45, 7) is 3.40. The third-order valence-electron chi connectivity index (χ3n) is 3.08. The Morgan fingerprint density at radius 3 is 3.36 bits per heavy atom. The van der Waals surface area contributed by atoms with Crippen LogP contribution in [0.4, 0.5) is 0 Å². The molecular formula is C12H20N2. The number of H-pyrrole nitrogens is 1. The lowest BCUT2D eigenvalue weighted by Gasteiger charge is -2.23. The van der Waals surface area contributed by atoms with E-state index in [4.69, 9.17) is 0 Å². The van der Waals surface area contributed by atoms with Gasteiger partial charge in [-0.05, 0) is 43.9 Å². The van der Waals surface area contributed by atoms with E-state index in [1.807, 2.05) is 0 Å². The molecule has 1 aliphatic rings. The molecule has 2 nitrogen and oxygen atoms in total. The summed E-state index contributed by atoms with van der Waals surface area (Å²) in [7, 11) is 0. The molecule has 1 aromatic heterocycles. The molecule has 0 fully saturated rings. The maximum absolute atomic E-state index is 3.64. The molecule has 1 heterocycles. The van der Waals surface area contributed by atoms with Crippen molar-refractivity contribution in [1.82, 2.24) is 10.3 Å². The lowest BCUT2D eigenvalue weighted by molar-refractivity contribution is 0.453. The summed E-state index contributed by atoms with van der Waals surface area (Å²) in [5.41, 5.74) is 2.96. The lowest BCUT2D eigenvalue weighted by Crippen LogP contribution is -2.25. The van der Waals surface area contributed by atoms with Crippen molar-refractivity contribution in [2.24, 2.45) is 0 Å². The Bertz CT molecular complexity index is 278. The van der Waals surface area contributed by atoms with Gasteiger partial charge >= 0.3 is 0 Å². The van der Waals surface area contributed by atoms with Crippen LogP contribution in [0, 0.1) is 0 Å². The number of hydrogen-bond donors (Lipinski definition) is 2. The molecule has 2 rings (SSSR count). The first kappa shape index (κ1) is 9.78. The average Bonchev–Trinajstić information content (AvgIpc) is 2.67. The molecule has 2 heteroatoms. The molecule has 0 spiro atoms. The van der Waals surface area contributed by atoms with Gasteiger partial charge in [-0.2, -0.15) is 0 Å². The average molecular weight is 192 g/mol. The monoisotopic (exact) mass is 192 g/mol. The molecule has 78 valence electrons. The third-order valence-corrected chi connectivity index (χ3v) is 3.08. The van der Waals surface area contributed by atoms with Gasteiger partial charge < -0.3 is 10.3 Å². The number of hydrogen-bond acceptors (Lipinski definition) is 1. The van der Waals surface area contributed by atoms with Crippen molar-refractivity contribution in [3.63, 3.8) is 0 Å². The Morgan fingerprint density at radius 2 is 2.50 bits per heavy atom. The fourth-order valence-corrected chi connectivity index (χ4v) is 2.26. The van der Waals surface area contributed by atoms with E-state index in [-0.39, 0.29) is 0 Å². The van der Waals surface area contributed by atoms with Gasteiger partial charge in [0.15, 0.2) is 0 Å². The van der Waals surface area contributed by atoms with Gasteiger partial charge in [0.05, 0.1) is 0 Å². The smallest absolute Gasteiger partial charge is 0.0338 e. The van der Waals surface area contributed by atoms with E-state index in [2.05, 4.69) is 29.5 Å². The molecule has 0 aromatic carbocycles. The minimum absolute atomic E-state index is 0.608. The zero-order valence-electron chi connectivity index (χ0n) is 8.97. The number of unbranched alkanes of at least 4 members (excludes halogenated alkanes) is 1. The van der Waals surface area contributed by atoms with Crippen molar-refractivity contribution in [3.8, 4) is 0 Å². The van der Waals surface area contributed by atoms with Gasteiger partial charge in [0.1, 0.15) is 0 Å². The van der Waals surface area contributed by atoms with E-state index in [9.17, 15) is 0 Å². The normalized spacial score (nSPS) is 20.8. The van der Waals surface area contributed by atoms with Gasteiger partial charge in [0, 0.05) is 17.9 Å². The summed E-state index contributed by atoms with van der Waals surface area (Å²) < 4.78 is 0. The second kappa shape index (κ2) is 4.65. The number of aromatic nitrogens is 1. The minimum atomic E-state index is 0.608. The van der Waals surface area contributed by atoms with Crippen molar-refractivity contribution < 1.29 is 0 Å². The Morgan fingerprint density at radius 1 is 1.57 bits per heavy atom. The molecule has 0 amide bonds. The van der Waals surface area contributed by atoms with Crippen molar-refractivity contribution in [2.75, 3.05) is 6.54 Å². The maximum Gasteiger partial charge on any atom is 0.0338 e. The Kier molecular flexibility index (Phi) is 3.25. The van der Waals surface area contributed by atoms with Gasteiger partial charge in [-0.3, -0.25) is 0 Å². The molecule has 2 N–H and O–H groups in total. The first-order valence-corrected chi connectivity index (χ1v) is 5.81. The SMILES string of the molecule is CCCCNC1CCCc2[nH]ccc21. The van der Waals surface area contributed by atoms with Crippen LogP contribution in [0.25, 0.3) is 0 Å². The van der Waals surface area contributed by atoms with Gasteiger partial charge in [-0.15, -0.1) is 0 Å². The predicted molar refractivity (Wildman–Crippen MR) is 59.4 cm³/mol. The van der Waals surface area contributed by atoms with Crippen LogP contribution in [0.3, 0.4) is 0 Å². The van der Waals surface area contributed by atoms with E-state index < -0.39 is 0 Å². The molecular weight excluding hydrogens is 172 g/mol. The summed E-state index contributed by atoms with van der Waals surface area (Å²) in [6.07, 6.45) is 8.49. The summed E-state index contributed by atoms with van der Waals surface area (Å²) >= 11 is 0. The van der Waals surface area contributed by atoms with E-state index in [0.29, 0.717) is 6.04 Å². The molecule has 1 atom stereocenters. The van der Waals surface area contributed by atoms with Crippen molar-refractivity contribution >= 4 is 0 Å². The second-order valence-electron chi connectivity index (χ2n) is 4.16. The standard InChI is InChI=1S/C12H20N2/c1-2-3-8-13-11-5-4-6-12-10(11)7-9-14-12/h7,9,11,13-14H,2-6,8H2,1H3. The number of rotatable bonds is 4. The minimum Gasteiger partial charge on any atom is -0.365 e. The highest BCUT2D eigenvalue weighted by molar-refractivity contribution is 5.26. The number of aromatic amines is 1. The number of nitrogens with one attached hydrogen (secondary N) is 2. The second-order valence-corrected chi connectivity index (χ2v) is 4.16. The Balaban J connectivity index is 1.94. The molecule has 0 saturated carbocycles. The number of fused-ring (bicyclic) bond motifs is 1. The van der Waals surface area contributed by atoms with Crippen LogP contribution in [0.2, 0.25) is 0 Å². The Labute approximate surface area is 86.1 Å². The maximum atomic E-state index is 3.64. The van der Waals surface area contributed by atoms with Crippen LogP contribution in [-0.2, 0) is 6.42 Å². The topological polar surface area (TPSA) is 27.8 Å². The van der Waals surface area contributed by atoms with E-state index in [1.165, 1.54) is 43.4 Å². The number of aryl methyl sites for hydroxylation is 1. The van der Waals surface area contributed by atoms with Crippen LogP contribution in [-0.4, -0.2) is 11.5 Å². The molecule has 0 radical (unpaired) electrons. The molecule has 14 heavy (non-hydrogen) atoms. The zero-order chi connectivity index (χ0) is 9.80. The molecule has 1 aromatic rings. The molecule has 0 bridgehead atoms. The largest absolute Gasteiger partial charge is 0.365 e. The van der Waals surface area contributed by atoms with E-state index >= 15 is 0 Å². The van der Waals surface area contributed by atoms with Crippen LogP contribution in [0.5, 0.6) is 0 Å². The van der Waals surface area contributed by atoms with Crippen molar-refractivity contribution in [1.29, 1.82) is 0 Å². The van der Waals surface area contributed by atoms with E-state index in [0.717, 1.165) is 6.54 Å². The van der Waals surface area contributed by atoms with Crippen LogP contribution < -0.4 is 5.32 Å². The highest BCUT2D eigenvalue weighted by Gasteiger charge is 2.19. The highest BCUT2D eigenvalue weighted by Crippen LogP contribution is 2.28. The van der Waals surface area contributed by atoms with Gasteiger partial charge in [0.2, 0.25) is 0 Å². The zero-order valence-corrected chi connectivity index (χ0v) is 8.97. The van der Waals surface area contributed by atoms with Crippen molar-refractivity contribution in [3.05, 3.63) is 23.5 Å². The quantitative estimate of drug-likeness (QED) is 0.705. The third kappa shape index (κ3) is 2.01. The molecule has 0 aliphatic heterocycles. The molecule has 1 unspecified atom stereocenters. The summed E-state index contributed by atoms with van der Waals surface area (Å²) in [5.74, 6) is 0. The van der Waals surface area contributed by atoms with Crippen LogP contribution in [0.1, 0.15) is 49.9 Å². The summed E-state index contributed by atoms with van der Waals surface area (Å²) in [5, 5.41) is 3.64. The molecule has 0 saturated heterocycles. The summed E-state index contributed by atoms with van der Waals surface area (Å²) in [6, 6.07) is 2.84. The predicted octanol–water partition coefficient (Wildman–Crippen LogP) is 2.78. The first-order valence-electron chi connectivity index (χ1n) is 5.81. The first-order chi connectivity index (χ1) is 6.92. The highest BCUT2D eigenvalue weighted by atomic mass is 14.9. The van der Waals surface area contributed by atoms with Gasteiger partial charge in [0.25, 0.3) is 0 Å². The fraction of sp³-hybridized carbons (Fsp3) is 0.667. The van der Waals surface area contributed by atoms with Crippen LogP contribution in [0.15, 0.2) is 12.3 Å². The lowest BCUT2D eigenvalue weighted by atomic mass is 9.93. The van der Waals surface area contributed by atoms with E-state index in [1.54, 1.807) is 0 Å². The Hall–Kier alpha value is -0.760. The molecule has 1 aliphatic carbocycles. The van der Waals surface area contributed by atoms with Gasteiger partial charge in [-0.25, -0.2) is 0 Å². The summed E-state index contributed by atoms with van der Waals surface area (Å²) in [4.78, 5) is 3.34.